The molecule has 3 saturated carbocycles. The number of carbonyl (C=O) groups excluding carboxylic acids is 1. The Balaban J connectivity index is 1.73. The van der Waals surface area contributed by atoms with Crippen LogP contribution in [0.15, 0.2) is 58.7 Å². The average Bonchev–Trinajstić information content (AvgIpc) is 3.23. The predicted molar refractivity (Wildman–Crippen MR) is 159 cm³/mol. The van der Waals surface area contributed by atoms with E-state index < -0.39 is 17.1 Å². The molecule has 4 rings (SSSR count). The highest BCUT2D eigenvalue weighted by molar-refractivity contribution is 5.74. The van der Waals surface area contributed by atoms with Crippen LogP contribution in [0.25, 0.3) is 0 Å². The number of hydrogen-bond donors (Lipinski definition) is 3. The highest BCUT2D eigenvalue weighted by Gasteiger charge is 2.70. The van der Waals surface area contributed by atoms with Crippen molar-refractivity contribution >= 4 is 6.29 Å². The second-order valence-corrected chi connectivity index (χ2v) is 12.5. The maximum atomic E-state index is 12.4. The van der Waals surface area contributed by atoms with E-state index in [9.17, 15) is 20.1 Å². The predicted octanol–water partition coefficient (Wildman–Crippen LogP) is 5.77. The summed E-state index contributed by atoms with van der Waals surface area (Å²) in [5, 5.41) is 34.5. The molecule has 3 N–H and O–H groups in total. The van der Waals surface area contributed by atoms with Crippen molar-refractivity contribution in [2.24, 2.45) is 23.2 Å². The van der Waals surface area contributed by atoms with Crippen molar-refractivity contribution in [1.29, 1.82) is 0 Å². The summed E-state index contributed by atoms with van der Waals surface area (Å²) in [4.78, 5) is 12.0. The normalized spacial score (nSPS) is 40.0. The Morgan fingerprint density at radius 1 is 1.27 bits per heavy atom. The topological polar surface area (TPSA) is 87.0 Å². The first-order chi connectivity index (χ1) is 19.3. The molecule has 218 valence electrons. The molecule has 0 aromatic heterocycles. The van der Waals surface area contributed by atoms with Gasteiger partial charge in [-0.25, -0.2) is 0 Å². The van der Waals surface area contributed by atoms with E-state index >= 15 is 0 Å². The molecule has 5 nitrogen and oxygen atoms in total. The number of carbonyl (C=O) groups is 1. The molecule has 0 saturated heterocycles. The molecule has 0 aromatic carbocycles. The molecule has 0 amide bonds. The van der Waals surface area contributed by atoms with Crippen molar-refractivity contribution in [2.75, 3.05) is 19.8 Å². The quantitative estimate of drug-likeness (QED) is 0.176. The van der Waals surface area contributed by atoms with Gasteiger partial charge in [-0.1, -0.05) is 65.9 Å². The fraction of sp³-hybridized carbons (Fsp3) is 0.629. The Morgan fingerprint density at radius 2 is 2.10 bits per heavy atom. The molecule has 3 aliphatic carbocycles. The molecule has 40 heavy (non-hydrogen) atoms. The Hall–Kier alpha value is -2.23. The summed E-state index contributed by atoms with van der Waals surface area (Å²) in [6.45, 7) is 8.91. The fourth-order valence-electron chi connectivity index (χ4n) is 8.36. The highest BCUT2D eigenvalue weighted by atomic mass is 16.5. The molecule has 0 unspecified atom stereocenters. The molecule has 4 aliphatic rings. The summed E-state index contributed by atoms with van der Waals surface area (Å²) in [5.41, 5.74) is 3.32. The van der Waals surface area contributed by atoms with Crippen LogP contribution in [0, 0.1) is 35.0 Å². The zero-order valence-electron chi connectivity index (χ0n) is 24.5. The number of aliphatic hydroxyl groups excluding tert-OH is 2. The zero-order valence-corrected chi connectivity index (χ0v) is 24.5. The Morgan fingerprint density at radius 3 is 2.88 bits per heavy atom. The summed E-state index contributed by atoms with van der Waals surface area (Å²) in [5.74, 6) is 6.13. The lowest BCUT2D eigenvalue weighted by atomic mass is 9.46. The molecule has 1 spiro atoms. The van der Waals surface area contributed by atoms with E-state index in [0.29, 0.717) is 50.9 Å². The van der Waals surface area contributed by atoms with Crippen LogP contribution in [0.5, 0.6) is 0 Å². The van der Waals surface area contributed by atoms with Crippen LogP contribution in [0.1, 0.15) is 84.5 Å². The monoisotopic (exact) mass is 548 g/mol. The van der Waals surface area contributed by atoms with Gasteiger partial charge in [-0.05, 0) is 94.6 Å². The van der Waals surface area contributed by atoms with E-state index in [1.54, 1.807) is 0 Å². The molecule has 0 radical (unpaired) electrons. The Kier molecular flexibility index (Phi) is 10.5. The number of aldehydes is 1. The third-order valence-electron chi connectivity index (χ3n) is 10.2. The van der Waals surface area contributed by atoms with E-state index in [-0.39, 0.29) is 24.4 Å². The zero-order chi connectivity index (χ0) is 28.8. The summed E-state index contributed by atoms with van der Waals surface area (Å²) in [7, 11) is 0. The second kappa shape index (κ2) is 13.6. The number of hydrogen-bond acceptors (Lipinski definition) is 5. The van der Waals surface area contributed by atoms with Gasteiger partial charge in [0.15, 0.2) is 0 Å². The van der Waals surface area contributed by atoms with Gasteiger partial charge in [0.05, 0.1) is 18.3 Å². The number of aliphatic hydroxyl groups is 3. The van der Waals surface area contributed by atoms with Crippen LogP contribution >= 0.6 is 0 Å². The minimum atomic E-state index is -1.00. The SMILES string of the molecule is C=C1/C=C/C=C(\[C@H]2C[C@H]3CCC[C@@]4(O)CC/C(=C(/C)C=O)[C@@H](CCCO)[C@@]34[C@@H]2O)COCC#CC/C(C)=C/CC1. The Labute approximate surface area is 240 Å². The summed E-state index contributed by atoms with van der Waals surface area (Å²) < 4.78 is 6.05. The summed E-state index contributed by atoms with van der Waals surface area (Å²) in [6.07, 6.45) is 16.8. The van der Waals surface area contributed by atoms with Gasteiger partial charge in [-0.3, -0.25) is 4.79 Å². The van der Waals surface area contributed by atoms with Crippen molar-refractivity contribution in [3.8, 4) is 11.8 Å². The number of rotatable bonds is 5. The van der Waals surface area contributed by atoms with E-state index in [4.69, 9.17) is 4.74 Å². The number of allylic oxidation sites excluding steroid dienone is 8. The molecular formula is C35H48O5. The minimum absolute atomic E-state index is 0.0480. The smallest absolute Gasteiger partial charge is 0.145 e. The van der Waals surface area contributed by atoms with Gasteiger partial charge >= 0.3 is 0 Å². The van der Waals surface area contributed by atoms with Gasteiger partial charge in [0.1, 0.15) is 12.9 Å². The van der Waals surface area contributed by atoms with E-state index in [2.05, 4.69) is 37.5 Å². The standard InChI is InChI=1S/C35H48O5/c1-25-10-4-5-21-40-24-28(14-7-13-26(2)12-6-11-25)31-22-29-15-8-18-34(39)19-17-30(27(3)23-37)32(16-9-20-36)35(29,34)33(31)38/h7,11,13-14,23,29,31-33,36,38-39H,2,6,8-10,12,15-22,24H2,1,3H3/b13-7+,25-11+,28-14-,30-27+/t29-,31-,32-,33-,34-,35-/m1/s1. The molecule has 5 heteroatoms. The molecule has 0 bridgehead atoms. The summed E-state index contributed by atoms with van der Waals surface area (Å²) in [6, 6.07) is 0. The van der Waals surface area contributed by atoms with Gasteiger partial charge in [-0.15, -0.1) is 0 Å². The molecule has 1 aliphatic heterocycles. The first-order valence-electron chi connectivity index (χ1n) is 15.2. The molecule has 1 heterocycles. The molecule has 6 atom stereocenters. The molecule has 3 fully saturated rings. The van der Waals surface area contributed by atoms with Crippen LogP contribution in [-0.2, 0) is 9.53 Å². The van der Waals surface area contributed by atoms with E-state index in [1.807, 2.05) is 19.1 Å². The first-order valence-corrected chi connectivity index (χ1v) is 15.2. The van der Waals surface area contributed by atoms with Gasteiger partial charge in [-0.2, -0.15) is 0 Å². The van der Waals surface area contributed by atoms with Gasteiger partial charge in [0.2, 0.25) is 0 Å². The fourth-order valence-corrected chi connectivity index (χ4v) is 8.36. The van der Waals surface area contributed by atoms with Crippen molar-refractivity contribution in [2.45, 2.75) is 96.2 Å². The average molecular weight is 549 g/mol. The van der Waals surface area contributed by atoms with Crippen molar-refractivity contribution < 1.29 is 24.9 Å². The Bertz CT molecular complexity index is 1130. The lowest BCUT2D eigenvalue weighted by molar-refractivity contribution is -0.215. The maximum Gasteiger partial charge on any atom is 0.145 e. The van der Waals surface area contributed by atoms with Crippen LogP contribution in [0.3, 0.4) is 0 Å². The van der Waals surface area contributed by atoms with Gasteiger partial charge in [0, 0.05) is 24.4 Å². The van der Waals surface area contributed by atoms with Gasteiger partial charge < -0.3 is 20.1 Å². The van der Waals surface area contributed by atoms with Crippen LogP contribution < -0.4 is 0 Å². The first kappa shape index (κ1) is 30.7. The maximum absolute atomic E-state index is 12.4. The summed E-state index contributed by atoms with van der Waals surface area (Å²) >= 11 is 0. The van der Waals surface area contributed by atoms with Crippen molar-refractivity contribution in [1.82, 2.24) is 0 Å². The third kappa shape index (κ3) is 6.02. The highest BCUT2D eigenvalue weighted by Crippen LogP contribution is 2.69. The second-order valence-electron chi connectivity index (χ2n) is 12.5. The lowest BCUT2D eigenvalue weighted by Gasteiger charge is -2.61. The van der Waals surface area contributed by atoms with Crippen LogP contribution in [0.4, 0.5) is 0 Å². The van der Waals surface area contributed by atoms with Crippen molar-refractivity contribution in [3.05, 3.63) is 58.7 Å². The lowest BCUT2D eigenvalue weighted by Crippen LogP contribution is -2.65. The van der Waals surface area contributed by atoms with E-state index in [0.717, 1.165) is 61.5 Å². The third-order valence-corrected chi connectivity index (χ3v) is 10.2. The minimum Gasteiger partial charge on any atom is -0.396 e. The largest absolute Gasteiger partial charge is 0.396 e. The molecule has 0 aromatic rings. The van der Waals surface area contributed by atoms with Gasteiger partial charge in [0.25, 0.3) is 0 Å². The molecular weight excluding hydrogens is 500 g/mol. The van der Waals surface area contributed by atoms with Crippen LogP contribution in [0.2, 0.25) is 0 Å². The number of ether oxygens (including phenoxy) is 1. The van der Waals surface area contributed by atoms with Crippen LogP contribution in [-0.4, -0.2) is 53.1 Å². The van der Waals surface area contributed by atoms with E-state index in [1.165, 1.54) is 5.57 Å². The van der Waals surface area contributed by atoms with Crippen molar-refractivity contribution in [3.63, 3.8) is 0 Å².